The number of anilines is 3. The van der Waals surface area contributed by atoms with Crippen LogP contribution in [0.1, 0.15) is 47.2 Å². The SMILES string of the molecule is Cc1ccc(C(=O)Nc2ccc3c(c2)S(=O)(=O)N=C(C2CCCC2)N3c2ccccc2)cc1C(F)(F)F. The molecule has 0 atom stereocenters. The molecule has 2 aliphatic rings. The number of halogens is 3. The highest BCUT2D eigenvalue weighted by Crippen LogP contribution is 2.42. The summed E-state index contributed by atoms with van der Waals surface area (Å²) in [6, 6.07) is 17.1. The second-order valence-corrected chi connectivity index (χ2v) is 10.8. The highest BCUT2D eigenvalue weighted by atomic mass is 32.2. The Kier molecular flexibility index (Phi) is 6.31. The Labute approximate surface area is 212 Å². The molecule has 3 aromatic rings. The minimum Gasteiger partial charge on any atom is -0.322 e. The molecule has 0 radical (unpaired) electrons. The van der Waals surface area contributed by atoms with Gasteiger partial charge in [-0.15, -0.1) is 4.40 Å². The maximum absolute atomic E-state index is 13.3. The molecular formula is C27H24F3N3O3S. The number of para-hydroxylation sites is 1. The van der Waals surface area contributed by atoms with Crippen molar-refractivity contribution in [1.82, 2.24) is 0 Å². The highest BCUT2D eigenvalue weighted by molar-refractivity contribution is 7.90. The minimum atomic E-state index is -4.60. The largest absolute Gasteiger partial charge is 0.416 e. The summed E-state index contributed by atoms with van der Waals surface area (Å²) in [7, 11) is -4.08. The fourth-order valence-electron chi connectivity index (χ4n) is 4.88. The maximum atomic E-state index is 13.3. The molecule has 0 saturated heterocycles. The zero-order chi connectivity index (χ0) is 26.4. The summed E-state index contributed by atoms with van der Waals surface area (Å²) in [6.45, 7) is 1.32. The van der Waals surface area contributed by atoms with Crippen molar-refractivity contribution in [2.45, 2.75) is 43.7 Å². The standard InChI is InChI=1S/C27H24F3N3O3S/c1-17-11-12-19(15-22(17)27(28,29)30)26(34)31-20-13-14-23-24(16-20)37(35,36)32-25(18-7-5-6-8-18)33(23)21-9-3-2-4-10-21/h2-4,9-16,18H,5-8H2,1H3,(H,31,34). The van der Waals surface area contributed by atoms with E-state index in [-0.39, 0.29) is 27.6 Å². The fraction of sp³-hybridized carbons (Fsp3) is 0.259. The van der Waals surface area contributed by atoms with Crippen molar-refractivity contribution in [3.05, 3.63) is 83.4 Å². The normalized spacial score (nSPS) is 17.3. The monoisotopic (exact) mass is 527 g/mol. The molecule has 192 valence electrons. The van der Waals surface area contributed by atoms with E-state index in [1.54, 1.807) is 12.1 Å². The van der Waals surface area contributed by atoms with Crippen LogP contribution in [0, 0.1) is 12.8 Å². The molecule has 1 N–H and O–H groups in total. The first-order chi connectivity index (χ1) is 17.5. The van der Waals surface area contributed by atoms with Crippen molar-refractivity contribution in [1.29, 1.82) is 0 Å². The van der Waals surface area contributed by atoms with Gasteiger partial charge in [-0.25, -0.2) is 0 Å². The first-order valence-corrected chi connectivity index (χ1v) is 13.3. The summed E-state index contributed by atoms with van der Waals surface area (Å²) < 4.78 is 70.6. The van der Waals surface area contributed by atoms with Gasteiger partial charge in [-0.05, 0) is 67.8 Å². The predicted octanol–water partition coefficient (Wildman–Crippen LogP) is 6.70. The van der Waals surface area contributed by atoms with E-state index in [9.17, 15) is 26.4 Å². The topological polar surface area (TPSA) is 78.8 Å². The summed E-state index contributed by atoms with van der Waals surface area (Å²) in [5.41, 5.74) is 0.220. The summed E-state index contributed by atoms with van der Waals surface area (Å²) in [4.78, 5) is 14.5. The van der Waals surface area contributed by atoms with Crippen molar-refractivity contribution < 1.29 is 26.4 Å². The third-order valence-corrected chi connectivity index (χ3v) is 8.03. The summed E-state index contributed by atoms with van der Waals surface area (Å²) in [5, 5.41) is 2.53. The van der Waals surface area contributed by atoms with Crippen LogP contribution in [-0.2, 0) is 16.2 Å². The molecule has 6 nitrogen and oxygen atoms in total. The average Bonchev–Trinajstić information content (AvgIpc) is 3.39. The quantitative estimate of drug-likeness (QED) is 0.410. The number of carbonyl (C=O) groups excluding carboxylic acids is 1. The zero-order valence-electron chi connectivity index (χ0n) is 19.9. The molecule has 10 heteroatoms. The van der Waals surface area contributed by atoms with Gasteiger partial charge < -0.3 is 5.32 Å². The van der Waals surface area contributed by atoms with E-state index in [2.05, 4.69) is 9.71 Å². The number of nitrogens with zero attached hydrogens (tertiary/aromatic N) is 2. The van der Waals surface area contributed by atoms with Crippen LogP contribution in [0.2, 0.25) is 0 Å². The zero-order valence-corrected chi connectivity index (χ0v) is 20.7. The van der Waals surface area contributed by atoms with E-state index in [4.69, 9.17) is 0 Å². The predicted molar refractivity (Wildman–Crippen MR) is 136 cm³/mol. The number of rotatable bonds is 4. The van der Waals surface area contributed by atoms with Gasteiger partial charge in [-0.3, -0.25) is 9.69 Å². The lowest BCUT2D eigenvalue weighted by atomic mass is 10.0. The van der Waals surface area contributed by atoms with E-state index < -0.39 is 27.7 Å². The molecule has 0 bridgehead atoms. The smallest absolute Gasteiger partial charge is 0.322 e. The lowest BCUT2D eigenvalue weighted by Crippen LogP contribution is -2.36. The fourth-order valence-corrected chi connectivity index (χ4v) is 6.16. The van der Waals surface area contributed by atoms with Crippen molar-refractivity contribution in [3.8, 4) is 0 Å². The Balaban J connectivity index is 1.52. The molecule has 1 fully saturated rings. The van der Waals surface area contributed by atoms with Gasteiger partial charge >= 0.3 is 6.18 Å². The number of hydrogen-bond donors (Lipinski definition) is 1. The molecule has 1 aliphatic heterocycles. The number of sulfonamides is 1. The molecule has 1 saturated carbocycles. The summed E-state index contributed by atoms with van der Waals surface area (Å²) in [6.07, 6.45) is -0.913. The molecule has 3 aromatic carbocycles. The maximum Gasteiger partial charge on any atom is 0.416 e. The third-order valence-electron chi connectivity index (χ3n) is 6.72. The van der Waals surface area contributed by atoms with E-state index in [1.165, 1.54) is 25.1 Å². The van der Waals surface area contributed by atoms with Crippen LogP contribution < -0.4 is 10.2 Å². The van der Waals surface area contributed by atoms with Crippen molar-refractivity contribution >= 4 is 38.8 Å². The van der Waals surface area contributed by atoms with E-state index >= 15 is 0 Å². The third kappa shape index (κ3) is 4.85. The first kappa shape index (κ1) is 25.0. The molecule has 1 heterocycles. The van der Waals surface area contributed by atoms with Crippen molar-refractivity contribution in [3.63, 3.8) is 0 Å². The molecule has 5 rings (SSSR count). The van der Waals surface area contributed by atoms with Crippen molar-refractivity contribution in [2.24, 2.45) is 10.3 Å². The number of carbonyl (C=O) groups is 1. The Morgan fingerprint density at radius 3 is 2.38 bits per heavy atom. The van der Waals surface area contributed by atoms with Gasteiger partial charge in [0.15, 0.2) is 0 Å². The molecule has 0 spiro atoms. The molecule has 37 heavy (non-hydrogen) atoms. The van der Waals surface area contributed by atoms with E-state index in [0.29, 0.717) is 11.5 Å². The van der Waals surface area contributed by atoms with Gasteiger partial charge in [0.2, 0.25) is 0 Å². The Bertz CT molecular complexity index is 1500. The van der Waals surface area contributed by atoms with Gasteiger partial charge in [-0.2, -0.15) is 21.6 Å². The lowest BCUT2D eigenvalue weighted by Gasteiger charge is -2.33. The number of benzene rings is 3. The van der Waals surface area contributed by atoms with Crippen LogP contribution in [0.25, 0.3) is 0 Å². The minimum absolute atomic E-state index is 0.000793. The number of amides is 1. The number of hydrogen-bond acceptors (Lipinski definition) is 4. The summed E-state index contributed by atoms with van der Waals surface area (Å²) >= 11 is 0. The van der Waals surface area contributed by atoms with Crippen LogP contribution in [0.15, 0.2) is 76.0 Å². The van der Waals surface area contributed by atoms with Crippen LogP contribution in [0.5, 0.6) is 0 Å². The van der Waals surface area contributed by atoms with Crippen LogP contribution in [-0.4, -0.2) is 20.2 Å². The Hall–Kier alpha value is -3.66. The van der Waals surface area contributed by atoms with Gasteiger partial charge in [0.05, 0.1) is 11.3 Å². The number of alkyl halides is 3. The highest BCUT2D eigenvalue weighted by Gasteiger charge is 2.37. The first-order valence-electron chi connectivity index (χ1n) is 11.9. The van der Waals surface area contributed by atoms with Crippen molar-refractivity contribution in [2.75, 3.05) is 10.2 Å². The van der Waals surface area contributed by atoms with Crippen LogP contribution >= 0.6 is 0 Å². The van der Waals surface area contributed by atoms with Crippen LogP contribution in [0.3, 0.4) is 0 Å². The van der Waals surface area contributed by atoms with Gasteiger partial charge in [-0.1, -0.05) is 37.1 Å². The Morgan fingerprint density at radius 1 is 1.00 bits per heavy atom. The molecule has 0 unspecified atom stereocenters. The average molecular weight is 528 g/mol. The Morgan fingerprint density at radius 2 is 1.70 bits per heavy atom. The lowest BCUT2D eigenvalue weighted by molar-refractivity contribution is -0.138. The second-order valence-electron chi connectivity index (χ2n) is 9.24. The van der Waals surface area contributed by atoms with Gasteiger partial charge in [0, 0.05) is 22.9 Å². The van der Waals surface area contributed by atoms with Gasteiger partial charge in [0.1, 0.15) is 10.7 Å². The number of aryl methyl sites for hydroxylation is 1. The molecule has 0 aromatic heterocycles. The van der Waals surface area contributed by atoms with Gasteiger partial charge in [0.25, 0.3) is 15.9 Å². The summed E-state index contributed by atoms with van der Waals surface area (Å²) in [5.74, 6) is -0.298. The van der Waals surface area contributed by atoms with E-state index in [0.717, 1.165) is 37.4 Å². The second kappa shape index (κ2) is 9.33. The van der Waals surface area contributed by atoms with E-state index in [1.807, 2.05) is 35.2 Å². The molecule has 1 aliphatic carbocycles. The molecular weight excluding hydrogens is 503 g/mol. The molecule has 1 amide bonds. The van der Waals surface area contributed by atoms with Crippen LogP contribution in [0.4, 0.5) is 30.2 Å². The number of nitrogens with one attached hydrogen (secondary N) is 1. The number of fused-ring (bicyclic) bond motifs is 1. The number of amidine groups is 1.